The van der Waals surface area contributed by atoms with E-state index in [1.807, 2.05) is 24.3 Å². The van der Waals surface area contributed by atoms with Crippen molar-refractivity contribution in [1.82, 2.24) is 0 Å². The molecule has 2 nitrogen and oxygen atoms in total. The van der Waals surface area contributed by atoms with E-state index in [0.717, 1.165) is 18.4 Å². The predicted octanol–water partition coefficient (Wildman–Crippen LogP) is 6.59. The van der Waals surface area contributed by atoms with Crippen molar-refractivity contribution in [2.24, 2.45) is 0 Å². The number of esters is 1. The van der Waals surface area contributed by atoms with Crippen LogP contribution in [0.15, 0.2) is 103 Å². The largest absolute Gasteiger partial charge is 0.465 e. The zero-order valence-electron chi connectivity index (χ0n) is 17.0. The van der Waals surface area contributed by atoms with Crippen molar-refractivity contribution in [2.75, 3.05) is 7.11 Å². The van der Waals surface area contributed by atoms with Crippen LogP contribution < -0.4 is 0 Å². The summed E-state index contributed by atoms with van der Waals surface area (Å²) in [6.45, 7) is 0. The molecular weight excluding hydrogens is 368 g/mol. The highest BCUT2D eigenvalue weighted by atomic mass is 16.5. The highest BCUT2D eigenvalue weighted by Crippen LogP contribution is 2.33. The van der Waals surface area contributed by atoms with Crippen LogP contribution >= 0.6 is 0 Å². The first kappa shape index (κ1) is 19.7. The van der Waals surface area contributed by atoms with Gasteiger partial charge >= 0.3 is 5.97 Å². The Bertz CT molecular complexity index is 1130. The van der Waals surface area contributed by atoms with Crippen molar-refractivity contribution in [1.29, 1.82) is 0 Å². The van der Waals surface area contributed by atoms with Crippen LogP contribution in [0.3, 0.4) is 0 Å². The molecule has 0 saturated carbocycles. The molecule has 30 heavy (non-hydrogen) atoms. The molecule has 0 saturated heterocycles. The molecule has 0 spiro atoms. The summed E-state index contributed by atoms with van der Waals surface area (Å²) < 4.78 is 4.84. The van der Waals surface area contributed by atoms with Crippen LogP contribution in [-0.4, -0.2) is 13.1 Å². The Morgan fingerprint density at radius 1 is 0.633 bits per heavy atom. The molecule has 0 aliphatic heterocycles. The summed E-state index contributed by atoms with van der Waals surface area (Å²) >= 11 is 0. The van der Waals surface area contributed by atoms with E-state index in [0.29, 0.717) is 5.56 Å². The van der Waals surface area contributed by atoms with Crippen molar-refractivity contribution < 1.29 is 9.53 Å². The van der Waals surface area contributed by atoms with Crippen LogP contribution in [-0.2, 0) is 17.6 Å². The van der Waals surface area contributed by atoms with E-state index in [4.69, 9.17) is 4.74 Å². The second kappa shape index (κ2) is 9.23. The third-order valence-electron chi connectivity index (χ3n) is 5.30. The van der Waals surface area contributed by atoms with Gasteiger partial charge in [0.15, 0.2) is 0 Å². The summed E-state index contributed by atoms with van der Waals surface area (Å²) in [5.74, 6) is -0.296. The molecule has 0 amide bonds. The molecule has 4 aromatic carbocycles. The van der Waals surface area contributed by atoms with Gasteiger partial charge in [-0.2, -0.15) is 0 Å². The number of hydrogen-bond acceptors (Lipinski definition) is 2. The van der Waals surface area contributed by atoms with Crippen LogP contribution in [0, 0.1) is 0 Å². The van der Waals surface area contributed by atoms with Crippen molar-refractivity contribution in [3.05, 3.63) is 120 Å². The van der Waals surface area contributed by atoms with Gasteiger partial charge in [-0.3, -0.25) is 0 Å². The third kappa shape index (κ3) is 4.49. The Balaban J connectivity index is 1.63. The summed E-state index contributed by atoms with van der Waals surface area (Å²) in [6.07, 6.45) is 1.77. The van der Waals surface area contributed by atoms with Crippen molar-refractivity contribution in [2.45, 2.75) is 12.8 Å². The smallest absolute Gasteiger partial charge is 0.337 e. The Kier molecular flexibility index (Phi) is 6.05. The summed E-state index contributed by atoms with van der Waals surface area (Å²) in [6, 6.07) is 35.4. The zero-order chi connectivity index (χ0) is 20.8. The fourth-order valence-corrected chi connectivity index (χ4v) is 3.73. The van der Waals surface area contributed by atoms with Crippen LogP contribution in [0.4, 0.5) is 0 Å². The van der Waals surface area contributed by atoms with Gasteiger partial charge < -0.3 is 4.74 Å². The van der Waals surface area contributed by atoms with Gasteiger partial charge in [0.05, 0.1) is 12.7 Å². The van der Waals surface area contributed by atoms with Gasteiger partial charge in [-0.1, -0.05) is 91.0 Å². The van der Waals surface area contributed by atoms with E-state index >= 15 is 0 Å². The summed E-state index contributed by atoms with van der Waals surface area (Å²) in [5.41, 5.74) is 7.91. The molecule has 4 rings (SSSR count). The van der Waals surface area contributed by atoms with Gasteiger partial charge in [0.1, 0.15) is 0 Å². The molecule has 0 radical (unpaired) electrons. The van der Waals surface area contributed by atoms with Crippen LogP contribution in [0.1, 0.15) is 21.5 Å². The van der Waals surface area contributed by atoms with E-state index in [-0.39, 0.29) is 5.97 Å². The number of carbonyl (C=O) groups is 1. The minimum absolute atomic E-state index is 0.296. The molecule has 0 aromatic heterocycles. The Morgan fingerprint density at radius 3 is 1.87 bits per heavy atom. The second-order valence-corrected chi connectivity index (χ2v) is 7.30. The molecule has 0 atom stereocenters. The van der Waals surface area contributed by atoms with E-state index in [1.54, 1.807) is 6.07 Å². The van der Waals surface area contributed by atoms with Gasteiger partial charge in [0.2, 0.25) is 0 Å². The van der Waals surface area contributed by atoms with E-state index in [1.165, 1.54) is 34.9 Å². The molecule has 4 aromatic rings. The summed E-state index contributed by atoms with van der Waals surface area (Å²) in [5, 5.41) is 0. The van der Waals surface area contributed by atoms with Crippen LogP contribution in [0.5, 0.6) is 0 Å². The monoisotopic (exact) mass is 392 g/mol. The third-order valence-corrected chi connectivity index (χ3v) is 5.30. The van der Waals surface area contributed by atoms with Crippen molar-refractivity contribution in [3.8, 4) is 22.3 Å². The van der Waals surface area contributed by atoms with Crippen molar-refractivity contribution >= 4 is 5.97 Å². The summed E-state index contributed by atoms with van der Waals surface area (Å²) in [7, 11) is 1.41. The SMILES string of the molecule is COC(=O)c1cccc(CCc2ccc(-c3ccccc3)c(-c3ccccc3)c2)c1. The Labute approximate surface area is 177 Å². The molecule has 0 aliphatic rings. The quantitative estimate of drug-likeness (QED) is 0.346. The van der Waals surface area contributed by atoms with Gasteiger partial charge in [-0.25, -0.2) is 4.79 Å². The molecule has 0 bridgehead atoms. The lowest BCUT2D eigenvalue weighted by molar-refractivity contribution is 0.0600. The lowest BCUT2D eigenvalue weighted by Crippen LogP contribution is -2.02. The van der Waals surface area contributed by atoms with Gasteiger partial charge in [-0.05, 0) is 58.4 Å². The zero-order valence-corrected chi connectivity index (χ0v) is 17.0. The first-order valence-electron chi connectivity index (χ1n) is 10.2. The lowest BCUT2D eigenvalue weighted by atomic mass is 9.91. The highest BCUT2D eigenvalue weighted by molar-refractivity contribution is 5.89. The van der Waals surface area contributed by atoms with Crippen molar-refractivity contribution in [3.63, 3.8) is 0 Å². The van der Waals surface area contributed by atoms with E-state index in [2.05, 4.69) is 72.8 Å². The average molecular weight is 392 g/mol. The maximum atomic E-state index is 11.8. The van der Waals surface area contributed by atoms with Crippen LogP contribution in [0.25, 0.3) is 22.3 Å². The fourth-order valence-electron chi connectivity index (χ4n) is 3.73. The normalized spacial score (nSPS) is 10.6. The Hall–Kier alpha value is -3.65. The first-order chi connectivity index (χ1) is 14.7. The maximum Gasteiger partial charge on any atom is 0.337 e. The van der Waals surface area contributed by atoms with E-state index in [9.17, 15) is 4.79 Å². The predicted molar refractivity (Wildman–Crippen MR) is 123 cm³/mol. The van der Waals surface area contributed by atoms with Gasteiger partial charge in [0, 0.05) is 0 Å². The number of ether oxygens (including phenoxy) is 1. The fraction of sp³-hybridized carbons (Fsp3) is 0.107. The molecule has 0 N–H and O–H groups in total. The molecule has 0 heterocycles. The minimum Gasteiger partial charge on any atom is -0.465 e. The molecule has 0 unspecified atom stereocenters. The Morgan fingerprint density at radius 2 is 1.23 bits per heavy atom. The standard InChI is InChI=1S/C28H24O2/c1-30-28(29)25-14-8-9-21(19-25)15-16-22-17-18-26(23-10-4-2-5-11-23)27(20-22)24-12-6-3-7-13-24/h2-14,17-20H,15-16H2,1H3. The second-order valence-electron chi connectivity index (χ2n) is 7.30. The molecule has 148 valence electrons. The summed E-state index contributed by atoms with van der Waals surface area (Å²) in [4.78, 5) is 11.8. The molecule has 2 heteroatoms. The number of benzene rings is 4. The number of methoxy groups -OCH3 is 1. The molecule has 0 aliphatic carbocycles. The molecule has 0 fully saturated rings. The number of carbonyl (C=O) groups excluding carboxylic acids is 1. The number of aryl methyl sites for hydroxylation is 2. The lowest BCUT2D eigenvalue weighted by Gasteiger charge is -2.13. The highest BCUT2D eigenvalue weighted by Gasteiger charge is 2.10. The van der Waals surface area contributed by atoms with Gasteiger partial charge in [0.25, 0.3) is 0 Å². The number of rotatable bonds is 6. The number of hydrogen-bond donors (Lipinski definition) is 0. The molecular formula is C28H24O2. The minimum atomic E-state index is -0.296. The first-order valence-corrected chi connectivity index (χ1v) is 10.2. The maximum absolute atomic E-state index is 11.8. The van der Waals surface area contributed by atoms with Gasteiger partial charge in [-0.15, -0.1) is 0 Å². The van der Waals surface area contributed by atoms with Crippen LogP contribution in [0.2, 0.25) is 0 Å². The van der Waals surface area contributed by atoms with E-state index < -0.39 is 0 Å². The average Bonchev–Trinajstić information content (AvgIpc) is 2.83. The topological polar surface area (TPSA) is 26.3 Å².